The quantitative estimate of drug-likeness (QED) is 0.0612. The van der Waals surface area contributed by atoms with E-state index >= 15 is 14.4 Å². The number of ketones is 3. The summed E-state index contributed by atoms with van der Waals surface area (Å²) in [5, 5.41) is 52.9. The number of aliphatic hydroxyl groups excluding tert-OH is 4. The van der Waals surface area contributed by atoms with E-state index in [4.69, 9.17) is 0 Å². The Morgan fingerprint density at radius 1 is 0.545 bits per heavy atom. The number of Topliss-reactive ketones (excluding diaryl/α,β-unsaturated/α-hetero) is 3. The molecule has 0 amide bonds. The van der Waals surface area contributed by atoms with Gasteiger partial charge in [0.25, 0.3) is 0 Å². The molecular formula is C57H56N2O7. The van der Waals surface area contributed by atoms with Gasteiger partial charge in [0.15, 0.2) is 17.3 Å². The zero-order chi connectivity index (χ0) is 46.4. The number of allylic oxidation sites excluding steroid dienone is 12. The molecule has 0 aromatic heterocycles. The average molecular weight is 881 g/mol. The lowest BCUT2D eigenvalue weighted by atomic mass is 9.47. The minimum absolute atomic E-state index is 0.196. The highest BCUT2D eigenvalue weighted by atomic mass is 16.3. The molecule has 4 aromatic carbocycles. The Hall–Kier alpha value is -6.75. The third-order valence-electron chi connectivity index (χ3n) is 14.0. The molecule has 0 saturated heterocycles. The summed E-state index contributed by atoms with van der Waals surface area (Å²) in [6.07, 6.45) is 19.0. The van der Waals surface area contributed by atoms with Crippen LogP contribution in [0.3, 0.4) is 0 Å². The zero-order valence-electron chi connectivity index (χ0n) is 37.2. The van der Waals surface area contributed by atoms with Gasteiger partial charge >= 0.3 is 0 Å². The summed E-state index contributed by atoms with van der Waals surface area (Å²) in [5.74, 6) is -5.60. The van der Waals surface area contributed by atoms with Crippen LogP contribution in [0.4, 0.5) is 0 Å². The van der Waals surface area contributed by atoms with Gasteiger partial charge in [0.2, 0.25) is 0 Å². The van der Waals surface area contributed by atoms with Gasteiger partial charge in [-0.2, -0.15) is 0 Å². The molecule has 66 heavy (non-hydrogen) atoms. The normalized spacial score (nSPS) is 22.5. The molecule has 2 aliphatic carbocycles. The van der Waals surface area contributed by atoms with Crippen LogP contribution in [0, 0.1) is 48.3 Å². The fraction of sp³-hybridized carbons (Fsp3) is 0.246. The predicted molar refractivity (Wildman–Crippen MR) is 258 cm³/mol. The maximum Gasteiger partial charge on any atom is 0.193 e. The summed E-state index contributed by atoms with van der Waals surface area (Å²) in [7, 11) is 0. The van der Waals surface area contributed by atoms with Gasteiger partial charge in [0.05, 0.1) is 10.8 Å². The van der Waals surface area contributed by atoms with Crippen molar-refractivity contribution < 1.29 is 34.8 Å². The SMILES string of the molecule is Cc1ccccc1C1=CC(C2=CNC=CC2)C(C(=O)C2(C(CO)CO)C=C(C(=O)c3ccccc3)C(c3ccccc3C)=CC2C2=CNC=CC2)(C(CO)CO)C=C1C(=O)c1ccccc1. The minimum atomic E-state index is -1.95. The fourth-order valence-corrected chi connectivity index (χ4v) is 10.5. The van der Waals surface area contributed by atoms with Gasteiger partial charge in [-0.25, -0.2) is 0 Å². The number of benzene rings is 4. The van der Waals surface area contributed by atoms with Crippen molar-refractivity contribution in [2.45, 2.75) is 26.7 Å². The van der Waals surface area contributed by atoms with E-state index in [1.807, 2.05) is 111 Å². The van der Waals surface area contributed by atoms with E-state index in [9.17, 15) is 20.4 Å². The maximum absolute atomic E-state index is 17.5. The monoisotopic (exact) mass is 880 g/mol. The summed E-state index contributed by atoms with van der Waals surface area (Å²) < 4.78 is 0. The lowest BCUT2D eigenvalue weighted by Crippen LogP contribution is -2.59. The second-order valence-electron chi connectivity index (χ2n) is 17.6. The molecule has 9 heteroatoms. The number of aliphatic hydroxyl groups is 4. The van der Waals surface area contributed by atoms with Crippen molar-refractivity contribution >= 4 is 28.5 Å². The van der Waals surface area contributed by atoms with E-state index < -0.39 is 66.7 Å². The third kappa shape index (κ3) is 8.13. The van der Waals surface area contributed by atoms with Crippen LogP contribution in [0.15, 0.2) is 193 Å². The summed E-state index contributed by atoms with van der Waals surface area (Å²) in [6.45, 7) is 1.22. The molecule has 0 radical (unpaired) electrons. The molecule has 336 valence electrons. The summed E-state index contributed by atoms with van der Waals surface area (Å²) in [4.78, 5) is 48.1. The number of dihydropyridines is 2. The Morgan fingerprint density at radius 2 is 0.909 bits per heavy atom. The van der Waals surface area contributed by atoms with Gasteiger partial charge in [-0.15, -0.1) is 0 Å². The first-order valence-corrected chi connectivity index (χ1v) is 22.5. The first-order valence-electron chi connectivity index (χ1n) is 22.5. The molecule has 0 bridgehead atoms. The van der Waals surface area contributed by atoms with Crippen LogP contribution in [0.25, 0.3) is 11.1 Å². The van der Waals surface area contributed by atoms with Gasteiger partial charge in [-0.1, -0.05) is 146 Å². The number of aryl methyl sites for hydroxylation is 2. The van der Waals surface area contributed by atoms with Crippen molar-refractivity contribution in [2.75, 3.05) is 26.4 Å². The zero-order valence-corrected chi connectivity index (χ0v) is 37.2. The lowest BCUT2D eigenvalue weighted by Gasteiger charge is -2.54. The molecule has 2 heterocycles. The Balaban J connectivity index is 1.52. The molecular weight excluding hydrogens is 825 g/mol. The molecule has 8 rings (SSSR count). The van der Waals surface area contributed by atoms with Crippen LogP contribution in [-0.2, 0) is 4.79 Å². The fourth-order valence-electron chi connectivity index (χ4n) is 10.5. The highest BCUT2D eigenvalue weighted by molar-refractivity contribution is 6.22. The van der Waals surface area contributed by atoms with Crippen LogP contribution in [-0.4, -0.2) is 64.2 Å². The molecule has 4 unspecified atom stereocenters. The molecule has 4 aromatic rings. The van der Waals surface area contributed by atoms with Crippen molar-refractivity contribution in [3.63, 3.8) is 0 Å². The number of hydrogen-bond donors (Lipinski definition) is 6. The van der Waals surface area contributed by atoms with E-state index in [1.165, 1.54) is 0 Å². The summed E-state index contributed by atoms with van der Waals surface area (Å²) >= 11 is 0. The molecule has 0 saturated carbocycles. The van der Waals surface area contributed by atoms with Crippen molar-refractivity contribution in [2.24, 2.45) is 34.5 Å². The topological polar surface area (TPSA) is 156 Å². The molecule has 4 aliphatic rings. The largest absolute Gasteiger partial charge is 0.396 e. The van der Waals surface area contributed by atoms with E-state index in [-0.39, 0.29) is 22.7 Å². The van der Waals surface area contributed by atoms with E-state index in [2.05, 4.69) is 10.6 Å². The molecule has 0 fully saturated rings. The summed E-state index contributed by atoms with van der Waals surface area (Å²) in [6, 6.07) is 33.0. The van der Waals surface area contributed by atoms with Crippen molar-refractivity contribution in [3.8, 4) is 0 Å². The smallest absolute Gasteiger partial charge is 0.193 e. The second-order valence-corrected chi connectivity index (χ2v) is 17.6. The number of hydrogen-bond acceptors (Lipinski definition) is 9. The maximum atomic E-state index is 17.5. The Bertz CT molecular complexity index is 2560. The predicted octanol–water partition coefficient (Wildman–Crippen LogP) is 8.17. The van der Waals surface area contributed by atoms with Crippen molar-refractivity contribution in [1.29, 1.82) is 0 Å². The Morgan fingerprint density at radius 3 is 1.24 bits per heavy atom. The van der Waals surface area contributed by atoms with Crippen LogP contribution < -0.4 is 10.6 Å². The number of nitrogens with one attached hydrogen (secondary N) is 2. The van der Waals surface area contributed by atoms with Crippen LogP contribution in [0.2, 0.25) is 0 Å². The molecule has 4 atom stereocenters. The third-order valence-corrected chi connectivity index (χ3v) is 14.0. The van der Waals surface area contributed by atoms with Gasteiger partial charge in [0.1, 0.15) is 0 Å². The van der Waals surface area contributed by atoms with Crippen LogP contribution in [0.5, 0.6) is 0 Å². The van der Waals surface area contributed by atoms with E-state index in [0.717, 1.165) is 33.4 Å². The van der Waals surface area contributed by atoms with Crippen molar-refractivity contribution in [3.05, 3.63) is 226 Å². The van der Waals surface area contributed by atoms with E-state index in [0.29, 0.717) is 35.1 Å². The van der Waals surface area contributed by atoms with Crippen molar-refractivity contribution in [1.82, 2.24) is 10.6 Å². The average Bonchev–Trinajstić information content (AvgIpc) is 3.37. The van der Waals surface area contributed by atoms with Crippen LogP contribution >= 0.6 is 0 Å². The lowest BCUT2D eigenvalue weighted by molar-refractivity contribution is -0.148. The van der Waals surface area contributed by atoms with E-state index in [1.54, 1.807) is 73.1 Å². The molecule has 9 nitrogen and oxygen atoms in total. The van der Waals surface area contributed by atoms with Gasteiger partial charge < -0.3 is 31.1 Å². The highest BCUT2D eigenvalue weighted by Gasteiger charge is 2.63. The first-order chi connectivity index (χ1) is 32.1. The second kappa shape index (κ2) is 19.8. The van der Waals surface area contributed by atoms with Crippen LogP contribution in [0.1, 0.15) is 55.8 Å². The van der Waals surface area contributed by atoms with Gasteiger partial charge in [0, 0.05) is 84.8 Å². The number of rotatable bonds is 16. The summed E-state index contributed by atoms with van der Waals surface area (Å²) in [5.41, 5.74) is 3.19. The Labute approximate surface area is 386 Å². The Kier molecular flexibility index (Phi) is 13.7. The number of carbonyl (C=O) groups is 3. The molecule has 6 N–H and O–H groups in total. The van der Waals surface area contributed by atoms with Gasteiger partial charge in [-0.05, 0) is 83.6 Å². The number of carbonyl (C=O) groups excluding carboxylic acids is 3. The minimum Gasteiger partial charge on any atom is -0.396 e. The molecule has 2 aliphatic heterocycles. The first kappa shape index (κ1) is 45.8. The standard InChI is InChI=1S/C57H56N2O7/c1-37-15-9-11-23-45(37)47-27-51(41-21-13-25-58-31-41)56(43(33-60)34-61,29-49(47)53(64)39-17-5-3-6-18-39)55(66)57(44(35-62)36-63)30-50(54(65)40-19-7-4-8-20-40)48(46-24-12-10-16-38(46)2)28-52(57)42-22-14-26-59-32-42/h3-20,23-32,43-44,51-52,58-63H,21-22,33-36H2,1-2H3. The van der Waals surface area contributed by atoms with Gasteiger partial charge in [-0.3, -0.25) is 14.4 Å². The molecule has 0 spiro atoms. The highest BCUT2D eigenvalue weighted by Crippen LogP contribution is 2.60.